The largest absolute Gasteiger partial charge is 0.494 e. The molecule has 2 heterocycles. The molecule has 4 N–H and O–H groups in total. The Morgan fingerprint density at radius 3 is 2.48 bits per heavy atom. The van der Waals surface area contributed by atoms with Crippen LogP contribution in [-0.4, -0.2) is 86.8 Å². The average Bonchev–Trinajstić information content (AvgIpc) is 2.98. The molecule has 0 radical (unpaired) electrons. The van der Waals surface area contributed by atoms with E-state index >= 15 is 0 Å². The number of carbonyl (C=O) groups is 1. The first-order valence-corrected chi connectivity index (χ1v) is 15.4. The molecule has 0 fully saturated rings. The van der Waals surface area contributed by atoms with Gasteiger partial charge < -0.3 is 30.5 Å². The summed E-state index contributed by atoms with van der Waals surface area (Å²) in [6, 6.07) is 6.83. The first-order valence-electron chi connectivity index (χ1n) is 13.2. The first kappa shape index (κ1) is 32.2. The van der Waals surface area contributed by atoms with Gasteiger partial charge in [-0.2, -0.15) is 4.98 Å². The number of fused-ring (bicyclic) bond motifs is 1. The predicted octanol–water partition coefficient (Wildman–Crippen LogP) is 4.06. The standard InChI is InChI=1S/C28H33ClN10O4S/c1-7-24(40)33-20-14-21(23(43-5)15-22(20)39(4)13-12-38(2)3)35-28-32-16-17(29)27(36-28)34-19-9-8-18-25(31-11-10-30-18)26(19)37-44(6,41)42/h7-11,14-16,37H,1,12-13H2,2-6H3,(H,33,40)(H2,32,34,35,36). The number of nitrogens with one attached hydrogen (secondary N) is 4. The van der Waals surface area contributed by atoms with Crippen LogP contribution in [0.15, 0.2) is 55.5 Å². The number of anilines is 7. The molecule has 0 saturated carbocycles. The number of halogens is 1. The van der Waals surface area contributed by atoms with Gasteiger partial charge in [-0.25, -0.2) is 13.4 Å². The van der Waals surface area contributed by atoms with E-state index in [0.29, 0.717) is 40.4 Å². The van der Waals surface area contributed by atoms with Crippen molar-refractivity contribution in [1.82, 2.24) is 24.8 Å². The van der Waals surface area contributed by atoms with E-state index in [4.69, 9.17) is 16.3 Å². The number of likely N-dealkylation sites (N-methyl/N-ethyl adjacent to an activating group) is 2. The molecule has 232 valence electrons. The highest BCUT2D eigenvalue weighted by molar-refractivity contribution is 7.92. The van der Waals surface area contributed by atoms with Gasteiger partial charge >= 0.3 is 0 Å². The summed E-state index contributed by atoms with van der Waals surface area (Å²) in [5, 5.41) is 9.22. The fourth-order valence-corrected chi connectivity index (χ4v) is 4.81. The second-order valence-electron chi connectivity index (χ2n) is 9.91. The number of rotatable bonds is 13. The molecular weight excluding hydrogens is 608 g/mol. The minimum Gasteiger partial charge on any atom is -0.494 e. The fourth-order valence-electron chi connectivity index (χ4n) is 4.10. The molecule has 0 unspecified atom stereocenters. The van der Waals surface area contributed by atoms with Crippen molar-refractivity contribution < 1.29 is 17.9 Å². The summed E-state index contributed by atoms with van der Waals surface area (Å²) in [4.78, 5) is 33.7. The van der Waals surface area contributed by atoms with E-state index in [0.717, 1.165) is 18.5 Å². The van der Waals surface area contributed by atoms with Crippen LogP contribution >= 0.6 is 11.6 Å². The highest BCUT2D eigenvalue weighted by Crippen LogP contribution is 2.39. The molecule has 4 aromatic rings. The number of benzene rings is 2. The van der Waals surface area contributed by atoms with E-state index in [9.17, 15) is 13.2 Å². The zero-order valence-corrected chi connectivity index (χ0v) is 26.4. The summed E-state index contributed by atoms with van der Waals surface area (Å²) in [6.07, 6.45) is 6.59. The number of nitrogens with zero attached hydrogens (tertiary/aromatic N) is 6. The van der Waals surface area contributed by atoms with E-state index in [1.165, 1.54) is 31.8 Å². The lowest BCUT2D eigenvalue weighted by Crippen LogP contribution is -2.29. The second-order valence-corrected chi connectivity index (χ2v) is 12.1. The Hall–Kier alpha value is -4.73. The van der Waals surface area contributed by atoms with Crippen molar-refractivity contribution in [3.63, 3.8) is 0 Å². The van der Waals surface area contributed by atoms with Crippen LogP contribution in [0.4, 0.5) is 40.2 Å². The third-order valence-corrected chi connectivity index (χ3v) is 7.08. The van der Waals surface area contributed by atoms with Gasteiger partial charge in [0.25, 0.3) is 0 Å². The number of ether oxygens (including phenoxy) is 1. The average molecular weight is 641 g/mol. The second kappa shape index (κ2) is 13.7. The lowest BCUT2D eigenvalue weighted by atomic mass is 10.2. The Labute approximate surface area is 260 Å². The van der Waals surface area contributed by atoms with Gasteiger partial charge in [0.1, 0.15) is 16.3 Å². The molecule has 0 spiro atoms. The first-order chi connectivity index (χ1) is 20.9. The highest BCUT2D eigenvalue weighted by atomic mass is 35.5. The van der Waals surface area contributed by atoms with Crippen LogP contribution in [0.2, 0.25) is 5.02 Å². The van der Waals surface area contributed by atoms with E-state index < -0.39 is 10.0 Å². The van der Waals surface area contributed by atoms with Crippen molar-refractivity contribution in [2.45, 2.75) is 0 Å². The number of hydrogen-bond acceptors (Lipinski definition) is 12. The topological polar surface area (TPSA) is 167 Å². The summed E-state index contributed by atoms with van der Waals surface area (Å²) in [5.74, 6) is 0.413. The maximum absolute atomic E-state index is 12.3. The number of methoxy groups -OCH3 is 1. The fraction of sp³-hybridized carbons (Fsp3) is 0.250. The van der Waals surface area contributed by atoms with Crippen LogP contribution in [0.1, 0.15) is 0 Å². The van der Waals surface area contributed by atoms with Crippen LogP contribution in [0.25, 0.3) is 11.0 Å². The van der Waals surface area contributed by atoms with E-state index in [-0.39, 0.29) is 28.4 Å². The van der Waals surface area contributed by atoms with Crippen LogP contribution in [-0.2, 0) is 14.8 Å². The minimum absolute atomic E-state index is 0.142. The number of amides is 1. The van der Waals surface area contributed by atoms with Crippen molar-refractivity contribution >= 4 is 78.8 Å². The lowest BCUT2D eigenvalue weighted by Gasteiger charge is -2.26. The molecule has 44 heavy (non-hydrogen) atoms. The molecule has 16 heteroatoms. The van der Waals surface area contributed by atoms with Gasteiger partial charge in [0.15, 0.2) is 5.82 Å². The SMILES string of the molecule is C=CC(=O)Nc1cc(Nc2ncc(Cl)c(Nc3ccc4nccnc4c3NS(C)(=O)=O)n2)c(OC)cc1N(C)CCN(C)C. The Morgan fingerprint density at radius 1 is 1.05 bits per heavy atom. The van der Waals surface area contributed by atoms with Gasteiger partial charge in [0.2, 0.25) is 21.9 Å². The van der Waals surface area contributed by atoms with Gasteiger partial charge in [-0.15, -0.1) is 0 Å². The Bertz CT molecular complexity index is 1800. The summed E-state index contributed by atoms with van der Waals surface area (Å²) in [7, 11) is 3.73. The summed E-state index contributed by atoms with van der Waals surface area (Å²) in [5.41, 5.74) is 3.05. The monoisotopic (exact) mass is 640 g/mol. The zero-order chi connectivity index (χ0) is 32.0. The Morgan fingerprint density at radius 2 is 1.80 bits per heavy atom. The summed E-state index contributed by atoms with van der Waals surface area (Å²) < 4.78 is 32.5. The third-order valence-electron chi connectivity index (χ3n) is 6.23. The lowest BCUT2D eigenvalue weighted by molar-refractivity contribution is -0.111. The Balaban J connectivity index is 1.71. The molecular formula is C28H33ClN10O4S. The van der Waals surface area contributed by atoms with Crippen molar-refractivity contribution in [3.05, 3.63) is 60.5 Å². The van der Waals surface area contributed by atoms with E-state index in [1.807, 2.05) is 26.0 Å². The van der Waals surface area contributed by atoms with E-state index in [2.05, 4.69) is 52.1 Å². The molecule has 0 atom stereocenters. The summed E-state index contributed by atoms with van der Waals surface area (Å²) in [6.45, 7) is 5.02. The van der Waals surface area contributed by atoms with Gasteiger partial charge in [-0.3, -0.25) is 19.5 Å². The smallest absolute Gasteiger partial charge is 0.247 e. The van der Waals surface area contributed by atoms with Crippen molar-refractivity contribution in [2.24, 2.45) is 0 Å². The molecule has 0 bridgehead atoms. The van der Waals surface area contributed by atoms with Gasteiger partial charge in [0.05, 0.1) is 53.5 Å². The van der Waals surface area contributed by atoms with Crippen molar-refractivity contribution in [1.29, 1.82) is 0 Å². The maximum Gasteiger partial charge on any atom is 0.247 e. The molecule has 14 nitrogen and oxygen atoms in total. The molecule has 2 aromatic carbocycles. The van der Waals surface area contributed by atoms with Crippen molar-refractivity contribution in [2.75, 3.05) is 73.2 Å². The third kappa shape index (κ3) is 8.00. The number of sulfonamides is 1. The van der Waals surface area contributed by atoms with Crippen LogP contribution in [0.3, 0.4) is 0 Å². The Kier molecular flexibility index (Phi) is 10.0. The predicted molar refractivity (Wildman–Crippen MR) is 175 cm³/mol. The van der Waals surface area contributed by atoms with Crippen molar-refractivity contribution in [3.8, 4) is 5.75 Å². The van der Waals surface area contributed by atoms with E-state index in [1.54, 1.807) is 24.3 Å². The molecule has 0 aliphatic heterocycles. The van der Waals surface area contributed by atoms with Crippen LogP contribution in [0, 0.1) is 0 Å². The zero-order valence-electron chi connectivity index (χ0n) is 24.8. The van der Waals surface area contributed by atoms with Crippen LogP contribution in [0.5, 0.6) is 5.75 Å². The molecule has 4 rings (SSSR count). The maximum atomic E-state index is 12.3. The molecule has 0 saturated heterocycles. The summed E-state index contributed by atoms with van der Waals surface area (Å²) >= 11 is 6.44. The molecule has 0 aliphatic rings. The van der Waals surface area contributed by atoms with Gasteiger partial charge in [-0.05, 0) is 38.4 Å². The normalized spacial score (nSPS) is 11.2. The highest BCUT2D eigenvalue weighted by Gasteiger charge is 2.19. The number of carbonyl (C=O) groups excluding carboxylic acids is 1. The van der Waals surface area contributed by atoms with Crippen LogP contribution < -0.4 is 30.3 Å². The van der Waals surface area contributed by atoms with Gasteiger partial charge in [-0.1, -0.05) is 18.2 Å². The number of aromatic nitrogens is 4. The van der Waals surface area contributed by atoms with Gasteiger partial charge in [0, 0.05) is 38.6 Å². The minimum atomic E-state index is -3.67. The number of hydrogen-bond donors (Lipinski definition) is 4. The molecule has 0 aliphatic carbocycles. The molecule has 2 aromatic heterocycles. The quantitative estimate of drug-likeness (QED) is 0.155. The molecule has 1 amide bonds.